The van der Waals surface area contributed by atoms with E-state index in [1.807, 2.05) is 37.3 Å². The van der Waals surface area contributed by atoms with Crippen LogP contribution in [-0.4, -0.2) is 18.2 Å². The van der Waals surface area contributed by atoms with Crippen molar-refractivity contribution in [1.82, 2.24) is 0 Å². The maximum atomic E-state index is 9.35. The summed E-state index contributed by atoms with van der Waals surface area (Å²) in [6.07, 6.45) is 3.70. The van der Waals surface area contributed by atoms with Crippen molar-refractivity contribution in [1.29, 1.82) is 0 Å². The van der Waals surface area contributed by atoms with Gasteiger partial charge in [0.15, 0.2) is 0 Å². The molecule has 2 nitrogen and oxygen atoms in total. The minimum absolute atomic E-state index is 0.0573. The predicted molar refractivity (Wildman–Crippen MR) is 69.7 cm³/mol. The van der Waals surface area contributed by atoms with Gasteiger partial charge in [0.1, 0.15) is 0 Å². The smallest absolute Gasteiger partial charge is 0.0702 e. The number of anilines is 1. The maximum absolute atomic E-state index is 9.35. The van der Waals surface area contributed by atoms with Gasteiger partial charge in [0.25, 0.3) is 0 Å². The van der Waals surface area contributed by atoms with E-state index in [0.29, 0.717) is 0 Å². The first kappa shape index (κ1) is 12.5. The molecule has 0 amide bonds. The zero-order chi connectivity index (χ0) is 12.0. The van der Waals surface area contributed by atoms with E-state index in [1.54, 1.807) is 0 Å². The van der Waals surface area contributed by atoms with Gasteiger partial charge in [-0.05, 0) is 13.0 Å². The highest BCUT2D eigenvalue weighted by Crippen LogP contribution is 2.22. The van der Waals surface area contributed by atoms with Crippen molar-refractivity contribution < 1.29 is 5.11 Å². The Morgan fingerprint density at radius 1 is 1.25 bits per heavy atom. The second kappa shape index (κ2) is 6.13. The van der Waals surface area contributed by atoms with E-state index in [9.17, 15) is 5.11 Å². The topological polar surface area (TPSA) is 23.5 Å². The highest BCUT2D eigenvalue weighted by molar-refractivity contribution is 5.55. The molecular formula is C14H19NO. The van der Waals surface area contributed by atoms with Crippen LogP contribution in [-0.2, 0) is 6.61 Å². The van der Waals surface area contributed by atoms with E-state index >= 15 is 0 Å². The molecule has 86 valence electrons. The summed E-state index contributed by atoms with van der Waals surface area (Å²) in [5, 5.41) is 9.35. The van der Waals surface area contributed by atoms with Gasteiger partial charge in [0.2, 0.25) is 0 Å². The minimum atomic E-state index is 0.0573. The van der Waals surface area contributed by atoms with Gasteiger partial charge < -0.3 is 10.0 Å². The van der Waals surface area contributed by atoms with Crippen LogP contribution in [0.3, 0.4) is 0 Å². The monoisotopic (exact) mass is 217 g/mol. The summed E-state index contributed by atoms with van der Waals surface area (Å²) < 4.78 is 0. The van der Waals surface area contributed by atoms with Gasteiger partial charge in [-0.25, -0.2) is 0 Å². The van der Waals surface area contributed by atoms with Gasteiger partial charge in [-0.15, -0.1) is 13.2 Å². The number of aryl methyl sites for hydroxylation is 1. The number of benzene rings is 1. The molecule has 0 saturated heterocycles. The molecule has 0 spiro atoms. The molecule has 0 atom stereocenters. The number of aliphatic hydroxyl groups is 1. The Balaban J connectivity index is 3.06. The normalized spacial score (nSPS) is 9.88. The quantitative estimate of drug-likeness (QED) is 0.740. The van der Waals surface area contributed by atoms with Crippen molar-refractivity contribution >= 4 is 5.69 Å². The van der Waals surface area contributed by atoms with Crippen molar-refractivity contribution in [3.8, 4) is 0 Å². The van der Waals surface area contributed by atoms with Crippen molar-refractivity contribution in [3.05, 3.63) is 54.6 Å². The highest BCUT2D eigenvalue weighted by Gasteiger charge is 2.08. The Morgan fingerprint density at radius 3 is 2.38 bits per heavy atom. The summed E-state index contributed by atoms with van der Waals surface area (Å²) >= 11 is 0. The Kier molecular flexibility index (Phi) is 4.80. The van der Waals surface area contributed by atoms with Crippen LogP contribution in [0.25, 0.3) is 0 Å². The lowest BCUT2D eigenvalue weighted by atomic mass is 10.1. The van der Waals surface area contributed by atoms with E-state index in [2.05, 4.69) is 18.1 Å². The molecule has 0 saturated carbocycles. The number of aliphatic hydroxyl groups excluding tert-OH is 1. The molecule has 0 radical (unpaired) electrons. The van der Waals surface area contributed by atoms with Crippen LogP contribution in [0, 0.1) is 6.92 Å². The average molecular weight is 217 g/mol. The molecule has 16 heavy (non-hydrogen) atoms. The van der Waals surface area contributed by atoms with Crippen molar-refractivity contribution in [3.63, 3.8) is 0 Å². The van der Waals surface area contributed by atoms with Crippen LogP contribution < -0.4 is 4.90 Å². The van der Waals surface area contributed by atoms with E-state index in [0.717, 1.165) is 29.9 Å². The summed E-state index contributed by atoms with van der Waals surface area (Å²) in [5.41, 5.74) is 3.15. The fraction of sp³-hybridized carbons (Fsp3) is 0.286. The third-order valence-electron chi connectivity index (χ3n) is 2.45. The average Bonchev–Trinajstić information content (AvgIpc) is 2.28. The van der Waals surface area contributed by atoms with Crippen molar-refractivity contribution in [2.75, 3.05) is 18.0 Å². The predicted octanol–water partition coefficient (Wildman–Crippen LogP) is 2.67. The molecule has 1 N–H and O–H groups in total. The van der Waals surface area contributed by atoms with Crippen molar-refractivity contribution in [2.45, 2.75) is 13.5 Å². The van der Waals surface area contributed by atoms with Crippen LogP contribution in [0.5, 0.6) is 0 Å². The van der Waals surface area contributed by atoms with Gasteiger partial charge in [-0.2, -0.15) is 0 Å². The second-order valence-electron chi connectivity index (χ2n) is 3.77. The van der Waals surface area contributed by atoms with E-state index in [-0.39, 0.29) is 6.61 Å². The van der Waals surface area contributed by atoms with Gasteiger partial charge in [-0.1, -0.05) is 29.8 Å². The van der Waals surface area contributed by atoms with E-state index in [1.165, 1.54) is 0 Å². The van der Waals surface area contributed by atoms with Crippen molar-refractivity contribution in [2.24, 2.45) is 0 Å². The van der Waals surface area contributed by atoms with Gasteiger partial charge >= 0.3 is 0 Å². The van der Waals surface area contributed by atoms with Crippen LogP contribution in [0.1, 0.15) is 11.1 Å². The Hall–Kier alpha value is -1.54. The lowest BCUT2D eigenvalue weighted by Crippen LogP contribution is -2.24. The summed E-state index contributed by atoms with van der Waals surface area (Å²) in [4.78, 5) is 2.13. The lowest BCUT2D eigenvalue weighted by molar-refractivity contribution is 0.282. The number of nitrogens with zero attached hydrogens (tertiary/aromatic N) is 1. The molecule has 0 fully saturated rings. The summed E-state index contributed by atoms with van der Waals surface area (Å²) in [5.74, 6) is 0. The zero-order valence-corrected chi connectivity index (χ0v) is 9.82. The molecule has 0 aliphatic rings. The molecular weight excluding hydrogens is 198 g/mol. The second-order valence-corrected chi connectivity index (χ2v) is 3.77. The molecule has 1 aromatic carbocycles. The van der Waals surface area contributed by atoms with Crippen LogP contribution in [0.2, 0.25) is 0 Å². The Bertz CT molecular complexity index is 361. The fourth-order valence-corrected chi connectivity index (χ4v) is 1.73. The molecule has 1 rings (SSSR count). The first-order valence-electron chi connectivity index (χ1n) is 5.40. The minimum Gasteiger partial charge on any atom is -0.392 e. The fourth-order valence-electron chi connectivity index (χ4n) is 1.73. The molecule has 0 aliphatic carbocycles. The largest absolute Gasteiger partial charge is 0.392 e. The molecule has 0 aromatic heterocycles. The molecule has 1 aromatic rings. The molecule has 0 aliphatic heterocycles. The number of hydrogen-bond donors (Lipinski definition) is 1. The Labute approximate surface area is 97.5 Å². The molecule has 0 heterocycles. The SMILES string of the molecule is C=CCN(CC=C)c1ccc(C)cc1CO. The Morgan fingerprint density at radius 2 is 1.88 bits per heavy atom. The first-order chi connectivity index (χ1) is 7.72. The lowest BCUT2D eigenvalue weighted by Gasteiger charge is -2.24. The molecule has 2 heteroatoms. The van der Waals surface area contributed by atoms with Gasteiger partial charge in [-0.3, -0.25) is 0 Å². The third-order valence-corrected chi connectivity index (χ3v) is 2.45. The van der Waals surface area contributed by atoms with Crippen LogP contribution in [0.15, 0.2) is 43.5 Å². The molecule has 0 bridgehead atoms. The third kappa shape index (κ3) is 2.97. The summed E-state index contributed by atoms with van der Waals surface area (Å²) in [6.45, 7) is 11.1. The number of hydrogen-bond acceptors (Lipinski definition) is 2. The standard InChI is InChI=1S/C14H19NO/c1-4-8-15(9-5-2)14-7-6-12(3)10-13(14)11-16/h4-7,10,16H,1-2,8-9,11H2,3H3. The number of rotatable bonds is 6. The van der Waals surface area contributed by atoms with Crippen LogP contribution >= 0.6 is 0 Å². The van der Waals surface area contributed by atoms with E-state index in [4.69, 9.17) is 0 Å². The summed E-state index contributed by atoms with van der Waals surface area (Å²) in [7, 11) is 0. The maximum Gasteiger partial charge on any atom is 0.0702 e. The zero-order valence-electron chi connectivity index (χ0n) is 9.82. The van der Waals surface area contributed by atoms with Crippen LogP contribution in [0.4, 0.5) is 5.69 Å². The van der Waals surface area contributed by atoms with Gasteiger partial charge in [0, 0.05) is 24.3 Å². The first-order valence-corrected chi connectivity index (χ1v) is 5.40. The molecule has 0 unspecified atom stereocenters. The van der Waals surface area contributed by atoms with Gasteiger partial charge in [0.05, 0.1) is 6.61 Å². The summed E-state index contributed by atoms with van der Waals surface area (Å²) in [6, 6.07) is 6.09. The van der Waals surface area contributed by atoms with E-state index < -0.39 is 0 Å². The highest BCUT2D eigenvalue weighted by atomic mass is 16.3.